The van der Waals surface area contributed by atoms with E-state index >= 15 is 0 Å². The fourth-order valence-electron chi connectivity index (χ4n) is 6.07. The van der Waals surface area contributed by atoms with Gasteiger partial charge in [0, 0.05) is 18.7 Å². The first kappa shape index (κ1) is 33.5. The summed E-state index contributed by atoms with van der Waals surface area (Å²) in [5.41, 5.74) is 5.32. The molecule has 2 aromatic carbocycles. The molecule has 2 fully saturated rings. The summed E-state index contributed by atoms with van der Waals surface area (Å²) < 4.78 is 10.7. The number of hydrogen-bond donors (Lipinski definition) is 3. The van der Waals surface area contributed by atoms with E-state index in [9.17, 15) is 9.59 Å². The molecule has 11 heteroatoms. The number of likely N-dealkylation sites (tertiary alicyclic amines) is 1. The Morgan fingerprint density at radius 2 is 1.88 bits per heavy atom. The van der Waals surface area contributed by atoms with E-state index in [0.717, 1.165) is 70.8 Å². The first-order valence-electron chi connectivity index (χ1n) is 16.7. The number of aromatic amines is 2. The number of carbonyl (C=O) groups is 2. The number of nitrogens with one attached hydrogen (secondary N) is 3. The van der Waals surface area contributed by atoms with Crippen molar-refractivity contribution in [2.45, 2.75) is 83.3 Å². The smallest absolute Gasteiger partial charge is 0.410 e. The summed E-state index contributed by atoms with van der Waals surface area (Å²) in [6.07, 6.45) is 4.60. The predicted octanol–water partition coefficient (Wildman–Crippen LogP) is 7.74. The van der Waals surface area contributed by atoms with Crippen LogP contribution < -0.4 is 5.32 Å². The van der Waals surface area contributed by atoms with Crippen LogP contribution in [0.3, 0.4) is 0 Å². The van der Waals surface area contributed by atoms with Gasteiger partial charge in [-0.1, -0.05) is 24.1 Å². The third-order valence-corrected chi connectivity index (χ3v) is 9.99. The van der Waals surface area contributed by atoms with Gasteiger partial charge in [0.05, 0.1) is 34.6 Å². The van der Waals surface area contributed by atoms with Crippen molar-refractivity contribution in [3.8, 4) is 23.0 Å². The Bertz CT molecular complexity index is 1810. The van der Waals surface area contributed by atoms with Crippen molar-refractivity contribution in [3.63, 3.8) is 0 Å². The second kappa shape index (κ2) is 14.4. The Labute approximate surface area is 286 Å². The first-order valence-corrected chi connectivity index (χ1v) is 17.8. The summed E-state index contributed by atoms with van der Waals surface area (Å²) in [5, 5.41) is 3.20. The predicted molar refractivity (Wildman–Crippen MR) is 189 cm³/mol. The molecule has 3 atom stereocenters. The zero-order valence-corrected chi connectivity index (χ0v) is 29.1. The molecular weight excluding hydrogens is 625 g/mol. The summed E-state index contributed by atoms with van der Waals surface area (Å²) >= 11 is 1.92. The van der Waals surface area contributed by atoms with E-state index in [0.29, 0.717) is 30.0 Å². The van der Waals surface area contributed by atoms with E-state index in [4.69, 9.17) is 14.5 Å². The molecule has 10 nitrogen and oxygen atoms in total. The molecule has 2 aliphatic rings. The average Bonchev–Trinajstić information content (AvgIpc) is 3.77. The molecule has 2 aliphatic heterocycles. The largest absolute Gasteiger partial charge is 0.447 e. The van der Waals surface area contributed by atoms with Crippen LogP contribution in [0.2, 0.25) is 0 Å². The van der Waals surface area contributed by atoms with Crippen LogP contribution in [0.15, 0.2) is 48.7 Å². The molecule has 2 aromatic heterocycles. The molecule has 0 bridgehead atoms. The minimum absolute atomic E-state index is 0.122. The number of thioether (sulfide) groups is 1. The lowest BCUT2D eigenvalue weighted by molar-refractivity contribution is 0.0525. The van der Waals surface area contributed by atoms with Crippen LogP contribution >= 0.6 is 11.8 Å². The van der Waals surface area contributed by atoms with Gasteiger partial charge in [-0.15, -0.1) is 11.8 Å². The molecule has 2 saturated heterocycles. The number of fused-ring (bicyclic) bond motifs is 1. The number of alkyl carbamates (subject to hydrolysis) is 1. The second-order valence-corrected chi connectivity index (χ2v) is 14.9. The average molecular weight is 669 g/mol. The summed E-state index contributed by atoms with van der Waals surface area (Å²) in [4.78, 5) is 42.5. The molecule has 3 unspecified atom stereocenters. The van der Waals surface area contributed by atoms with Crippen molar-refractivity contribution in [3.05, 3.63) is 71.6 Å². The highest BCUT2D eigenvalue weighted by molar-refractivity contribution is 8.00. The van der Waals surface area contributed by atoms with Gasteiger partial charge in [0.2, 0.25) is 0 Å². The molecule has 48 heavy (non-hydrogen) atoms. The minimum atomic E-state index is -0.488. The highest BCUT2D eigenvalue weighted by Crippen LogP contribution is 2.48. The number of aromatic nitrogens is 4. The Hall–Kier alpha value is -4.43. The highest BCUT2D eigenvalue weighted by atomic mass is 32.2. The van der Waals surface area contributed by atoms with E-state index in [1.165, 1.54) is 0 Å². The van der Waals surface area contributed by atoms with Gasteiger partial charge in [0.25, 0.3) is 0 Å². The third kappa shape index (κ3) is 8.16. The Kier molecular flexibility index (Phi) is 10.0. The lowest BCUT2D eigenvalue weighted by atomic mass is 9.99. The number of H-pyrrole nitrogens is 2. The zero-order chi connectivity index (χ0) is 33.8. The van der Waals surface area contributed by atoms with Crippen molar-refractivity contribution >= 4 is 35.0 Å². The van der Waals surface area contributed by atoms with Crippen molar-refractivity contribution in [1.82, 2.24) is 30.2 Å². The summed E-state index contributed by atoms with van der Waals surface area (Å²) in [5.74, 6) is 9.80. The van der Waals surface area contributed by atoms with Crippen LogP contribution in [-0.4, -0.2) is 67.6 Å². The number of nitrogens with zero attached hydrogens (tertiary/aromatic N) is 3. The monoisotopic (exact) mass is 668 g/mol. The van der Waals surface area contributed by atoms with Gasteiger partial charge >= 0.3 is 12.2 Å². The molecular formula is C37H44N6O4S. The van der Waals surface area contributed by atoms with E-state index < -0.39 is 5.60 Å². The van der Waals surface area contributed by atoms with Gasteiger partial charge in [-0.3, -0.25) is 4.90 Å². The number of rotatable bonds is 8. The molecule has 2 amide bonds. The van der Waals surface area contributed by atoms with Gasteiger partial charge in [-0.2, -0.15) is 0 Å². The number of benzene rings is 2. The summed E-state index contributed by atoms with van der Waals surface area (Å²) in [7, 11) is 0. The van der Waals surface area contributed by atoms with Gasteiger partial charge in [0.1, 0.15) is 22.9 Å². The zero-order valence-electron chi connectivity index (χ0n) is 28.3. The van der Waals surface area contributed by atoms with E-state index in [-0.39, 0.29) is 24.3 Å². The topological polar surface area (TPSA) is 125 Å². The Morgan fingerprint density at radius 1 is 1.08 bits per heavy atom. The van der Waals surface area contributed by atoms with Crippen molar-refractivity contribution in [1.29, 1.82) is 0 Å². The number of hydrogen-bond acceptors (Lipinski definition) is 7. The van der Waals surface area contributed by atoms with Crippen LogP contribution in [-0.2, 0) is 9.47 Å². The van der Waals surface area contributed by atoms with Crippen LogP contribution in [0.25, 0.3) is 22.2 Å². The second-order valence-electron chi connectivity index (χ2n) is 13.7. The quantitative estimate of drug-likeness (QED) is 0.130. The number of carbonyl (C=O) groups excluding carboxylic acids is 2. The van der Waals surface area contributed by atoms with Gasteiger partial charge in [-0.25, -0.2) is 19.6 Å². The van der Waals surface area contributed by atoms with Crippen LogP contribution in [0.1, 0.15) is 94.5 Å². The van der Waals surface area contributed by atoms with Crippen LogP contribution in [0.4, 0.5) is 9.59 Å². The fourth-order valence-corrected chi connectivity index (χ4v) is 7.30. The molecule has 6 rings (SSSR count). The lowest BCUT2D eigenvalue weighted by Crippen LogP contribution is -2.33. The molecule has 4 aromatic rings. The van der Waals surface area contributed by atoms with Crippen molar-refractivity contribution < 1.29 is 19.1 Å². The van der Waals surface area contributed by atoms with E-state index in [2.05, 4.69) is 62.4 Å². The van der Waals surface area contributed by atoms with Gasteiger partial charge in [0.15, 0.2) is 0 Å². The Morgan fingerprint density at radius 3 is 2.60 bits per heavy atom. The lowest BCUT2D eigenvalue weighted by Gasteiger charge is -2.34. The fraction of sp³-hybridized carbons (Fsp3) is 0.459. The van der Waals surface area contributed by atoms with Crippen LogP contribution in [0, 0.1) is 17.8 Å². The molecule has 0 aliphatic carbocycles. The summed E-state index contributed by atoms with van der Waals surface area (Å²) in [6, 6.07) is 14.4. The third-order valence-electron chi connectivity index (χ3n) is 8.40. The maximum absolute atomic E-state index is 12.5. The van der Waals surface area contributed by atoms with Crippen molar-refractivity contribution in [2.75, 3.05) is 18.8 Å². The number of imidazole rings is 2. The van der Waals surface area contributed by atoms with Crippen LogP contribution in [0.5, 0.6) is 0 Å². The minimum Gasteiger partial charge on any atom is -0.447 e. The van der Waals surface area contributed by atoms with E-state index in [1.807, 2.05) is 58.5 Å². The van der Waals surface area contributed by atoms with Gasteiger partial charge < -0.3 is 24.8 Å². The maximum Gasteiger partial charge on any atom is 0.410 e. The number of amides is 2. The molecule has 0 radical (unpaired) electrons. The SMILES string of the molecule is CC(C)OC(=O)N1CCCC1c1ncc(C#Cc2ccc(-c3ccc4nc(C5SCC5CCCNC(=O)OC(C)(C)C)[nH]c4c3)cc2)[nH]1. The standard InChI is InChI=1S/C37H44N6O4S/c1-23(2)46-36(45)43-19-7-9-31(43)33-39-21-28(40-33)16-12-24-10-13-25(14-11-24)26-15-17-29-30(20-26)42-34(41-29)32-27(22-48-32)8-6-18-38-35(44)47-37(3,4)5/h10-11,13-15,17,20-21,23,27,31-32H,6-9,18-19,22H2,1-5H3,(H,38,44)(H,39,40)(H,41,42). The first-order chi connectivity index (χ1) is 23.0. The maximum atomic E-state index is 12.5. The molecule has 252 valence electrons. The molecule has 3 N–H and O–H groups in total. The molecule has 0 spiro atoms. The number of ether oxygens (including phenoxy) is 2. The normalized spacial score (nSPS) is 19.1. The van der Waals surface area contributed by atoms with E-state index in [1.54, 1.807) is 11.1 Å². The summed E-state index contributed by atoms with van der Waals surface area (Å²) in [6.45, 7) is 10.6. The van der Waals surface area contributed by atoms with Crippen molar-refractivity contribution in [2.24, 2.45) is 5.92 Å². The highest BCUT2D eigenvalue weighted by Gasteiger charge is 2.35. The molecule has 0 saturated carbocycles. The Balaban J connectivity index is 1.04. The van der Waals surface area contributed by atoms with Gasteiger partial charge in [-0.05, 0) is 113 Å². The molecule has 4 heterocycles.